The maximum Gasteiger partial charge on any atom is 0.216 e. The molecule has 0 amide bonds. The van der Waals surface area contributed by atoms with Crippen molar-refractivity contribution in [2.24, 2.45) is 4.99 Å². The van der Waals surface area contributed by atoms with E-state index in [1.165, 1.54) is 0 Å². The maximum atomic E-state index is 5.50. The van der Waals surface area contributed by atoms with E-state index in [1.54, 1.807) is 6.07 Å². The van der Waals surface area contributed by atoms with Crippen LogP contribution >= 0.6 is 0 Å². The summed E-state index contributed by atoms with van der Waals surface area (Å²) in [6.07, 6.45) is 0. The summed E-state index contributed by atoms with van der Waals surface area (Å²) >= 11 is 0. The average Bonchev–Trinajstić information content (AvgIpc) is 3.00. The van der Waals surface area contributed by atoms with Gasteiger partial charge in [-0.05, 0) is 12.1 Å². The Hall–Kier alpha value is -2.30. The molecular formula is C12H11N3O2. The first kappa shape index (κ1) is 9.89. The van der Waals surface area contributed by atoms with Crippen molar-refractivity contribution in [1.82, 2.24) is 5.16 Å². The molecule has 1 aliphatic heterocycles. The lowest BCUT2D eigenvalue weighted by molar-refractivity contribution is 0.348. The predicted molar refractivity (Wildman–Crippen MR) is 63.7 cm³/mol. The lowest BCUT2D eigenvalue weighted by atomic mass is 10.1. The van der Waals surface area contributed by atoms with Crippen LogP contribution in [0.15, 0.2) is 39.8 Å². The van der Waals surface area contributed by atoms with Gasteiger partial charge in [0.15, 0.2) is 11.6 Å². The average molecular weight is 229 g/mol. The van der Waals surface area contributed by atoms with Gasteiger partial charge >= 0.3 is 0 Å². The van der Waals surface area contributed by atoms with E-state index >= 15 is 0 Å². The number of benzene rings is 1. The molecule has 0 atom stereocenters. The molecule has 0 fully saturated rings. The Morgan fingerprint density at radius 1 is 1.12 bits per heavy atom. The lowest BCUT2D eigenvalue weighted by Gasteiger charge is -2.01. The van der Waals surface area contributed by atoms with E-state index in [4.69, 9.17) is 15.0 Å². The maximum absolute atomic E-state index is 5.50. The smallest absolute Gasteiger partial charge is 0.216 e. The summed E-state index contributed by atoms with van der Waals surface area (Å²) in [4.78, 5) is 4.25. The molecule has 0 bridgehead atoms. The van der Waals surface area contributed by atoms with Gasteiger partial charge in [-0.1, -0.05) is 17.3 Å². The largest absolute Gasteiger partial charge is 0.476 e. The second-order valence-corrected chi connectivity index (χ2v) is 3.73. The van der Waals surface area contributed by atoms with Crippen LogP contribution in [0.5, 0.6) is 0 Å². The first-order valence-corrected chi connectivity index (χ1v) is 5.33. The van der Waals surface area contributed by atoms with E-state index in [0.717, 1.165) is 17.7 Å². The SMILES string of the molecule is Nc1cc(-c2ccc(C3=NCCO3)cc2)on1. The minimum atomic E-state index is 0.382. The monoisotopic (exact) mass is 229 g/mol. The van der Waals surface area contributed by atoms with Crippen LogP contribution < -0.4 is 5.73 Å². The van der Waals surface area contributed by atoms with Crippen LogP contribution in [-0.2, 0) is 4.74 Å². The summed E-state index contributed by atoms with van der Waals surface area (Å²) < 4.78 is 10.5. The Morgan fingerprint density at radius 3 is 2.47 bits per heavy atom. The van der Waals surface area contributed by atoms with E-state index in [9.17, 15) is 0 Å². The zero-order valence-corrected chi connectivity index (χ0v) is 9.09. The van der Waals surface area contributed by atoms with Gasteiger partial charge in [-0.3, -0.25) is 0 Å². The van der Waals surface area contributed by atoms with Crippen LogP contribution in [0.3, 0.4) is 0 Å². The van der Waals surface area contributed by atoms with Crippen molar-refractivity contribution < 1.29 is 9.26 Å². The second-order valence-electron chi connectivity index (χ2n) is 3.73. The summed E-state index contributed by atoms with van der Waals surface area (Å²) in [5, 5.41) is 3.65. The highest BCUT2D eigenvalue weighted by molar-refractivity contribution is 5.95. The molecule has 17 heavy (non-hydrogen) atoms. The summed E-state index contributed by atoms with van der Waals surface area (Å²) in [7, 11) is 0. The summed E-state index contributed by atoms with van der Waals surface area (Å²) in [5.74, 6) is 1.74. The van der Waals surface area contributed by atoms with Gasteiger partial charge in [-0.2, -0.15) is 0 Å². The molecule has 86 valence electrons. The van der Waals surface area contributed by atoms with E-state index < -0.39 is 0 Å². The van der Waals surface area contributed by atoms with Crippen molar-refractivity contribution in [1.29, 1.82) is 0 Å². The predicted octanol–water partition coefficient (Wildman–Crippen LogP) is 1.70. The van der Waals surface area contributed by atoms with Crippen LogP contribution in [0, 0.1) is 0 Å². The number of anilines is 1. The van der Waals surface area contributed by atoms with E-state index in [-0.39, 0.29) is 0 Å². The Bertz CT molecular complexity index is 557. The number of ether oxygens (including phenoxy) is 1. The molecule has 2 aromatic rings. The van der Waals surface area contributed by atoms with Crippen molar-refractivity contribution in [3.05, 3.63) is 35.9 Å². The van der Waals surface area contributed by atoms with Gasteiger partial charge < -0.3 is 15.0 Å². The first-order chi connectivity index (χ1) is 8.33. The van der Waals surface area contributed by atoms with E-state index in [1.807, 2.05) is 24.3 Å². The van der Waals surface area contributed by atoms with Crippen molar-refractivity contribution >= 4 is 11.7 Å². The third kappa shape index (κ3) is 1.87. The van der Waals surface area contributed by atoms with Crippen molar-refractivity contribution in [2.45, 2.75) is 0 Å². The number of nitrogens with two attached hydrogens (primary N) is 1. The molecule has 5 heteroatoms. The molecule has 0 unspecified atom stereocenters. The molecule has 3 rings (SSSR count). The highest BCUT2D eigenvalue weighted by Gasteiger charge is 2.11. The number of rotatable bonds is 2. The molecule has 0 saturated heterocycles. The molecule has 0 aliphatic carbocycles. The molecule has 2 heterocycles. The van der Waals surface area contributed by atoms with Crippen LogP contribution in [0.25, 0.3) is 11.3 Å². The van der Waals surface area contributed by atoms with Gasteiger partial charge in [0.2, 0.25) is 5.90 Å². The fraction of sp³-hybridized carbons (Fsp3) is 0.167. The standard InChI is InChI=1S/C12H11N3O2/c13-11-7-10(17-15-11)8-1-3-9(4-2-8)12-14-5-6-16-12/h1-4,7H,5-6H2,(H2,13,15). The molecule has 2 N–H and O–H groups in total. The number of hydrogen-bond donors (Lipinski definition) is 1. The lowest BCUT2D eigenvalue weighted by Crippen LogP contribution is -2.00. The normalized spacial score (nSPS) is 14.5. The third-order valence-corrected chi connectivity index (χ3v) is 2.53. The van der Waals surface area contributed by atoms with Gasteiger partial charge in [-0.25, -0.2) is 4.99 Å². The zero-order valence-electron chi connectivity index (χ0n) is 9.09. The molecule has 1 aromatic carbocycles. The number of aliphatic imine (C=N–C) groups is 1. The fourth-order valence-corrected chi connectivity index (χ4v) is 1.71. The Kier molecular flexibility index (Phi) is 2.29. The van der Waals surface area contributed by atoms with Crippen LogP contribution in [0.1, 0.15) is 5.56 Å². The molecule has 1 aromatic heterocycles. The fourth-order valence-electron chi connectivity index (χ4n) is 1.71. The number of aromatic nitrogens is 1. The van der Waals surface area contributed by atoms with Crippen molar-refractivity contribution in [2.75, 3.05) is 18.9 Å². The van der Waals surface area contributed by atoms with Gasteiger partial charge in [-0.15, -0.1) is 0 Å². The zero-order chi connectivity index (χ0) is 11.7. The minimum Gasteiger partial charge on any atom is -0.476 e. The molecule has 1 aliphatic rings. The Morgan fingerprint density at radius 2 is 1.88 bits per heavy atom. The quantitative estimate of drug-likeness (QED) is 0.850. The Balaban J connectivity index is 1.89. The van der Waals surface area contributed by atoms with Crippen LogP contribution in [0.4, 0.5) is 5.82 Å². The van der Waals surface area contributed by atoms with E-state index in [2.05, 4.69) is 10.1 Å². The van der Waals surface area contributed by atoms with Crippen LogP contribution in [-0.4, -0.2) is 24.2 Å². The number of nitrogen functional groups attached to an aromatic ring is 1. The highest BCUT2D eigenvalue weighted by Crippen LogP contribution is 2.22. The second kappa shape index (κ2) is 3.93. The molecule has 0 spiro atoms. The molecule has 5 nitrogen and oxygen atoms in total. The number of hydrogen-bond acceptors (Lipinski definition) is 5. The summed E-state index contributed by atoms with van der Waals surface area (Å²) in [5.41, 5.74) is 7.40. The minimum absolute atomic E-state index is 0.382. The van der Waals surface area contributed by atoms with Gasteiger partial charge in [0.25, 0.3) is 0 Å². The molecule has 0 radical (unpaired) electrons. The summed E-state index contributed by atoms with van der Waals surface area (Å²) in [6, 6.07) is 9.44. The summed E-state index contributed by atoms with van der Waals surface area (Å²) in [6.45, 7) is 1.39. The topological polar surface area (TPSA) is 73.6 Å². The van der Waals surface area contributed by atoms with Gasteiger partial charge in [0.05, 0.1) is 6.54 Å². The molecular weight excluding hydrogens is 218 g/mol. The highest BCUT2D eigenvalue weighted by atomic mass is 16.5. The van der Waals surface area contributed by atoms with Crippen LogP contribution in [0.2, 0.25) is 0 Å². The Labute approximate surface area is 97.9 Å². The number of nitrogens with zero attached hydrogens (tertiary/aromatic N) is 2. The van der Waals surface area contributed by atoms with Gasteiger partial charge in [0.1, 0.15) is 6.61 Å². The first-order valence-electron chi connectivity index (χ1n) is 5.33. The van der Waals surface area contributed by atoms with Crippen molar-refractivity contribution in [3.63, 3.8) is 0 Å². The molecule has 0 saturated carbocycles. The van der Waals surface area contributed by atoms with E-state index in [0.29, 0.717) is 24.1 Å². The third-order valence-electron chi connectivity index (χ3n) is 2.53. The van der Waals surface area contributed by atoms with Gasteiger partial charge in [0, 0.05) is 17.2 Å². The van der Waals surface area contributed by atoms with Crippen molar-refractivity contribution in [3.8, 4) is 11.3 Å².